The van der Waals surface area contributed by atoms with E-state index in [4.69, 9.17) is 15.2 Å². The maximum absolute atomic E-state index is 13.4. The summed E-state index contributed by atoms with van der Waals surface area (Å²) in [6.45, 7) is 7.35. The number of nitrogens with two attached hydrogens (primary N) is 1. The lowest BCUT2D eigenvalue weighted by atomic mass is 9.94. The van der Waals surface area contributed by atoms with Crippen molar-refractivity contribution in [1.29, 1.82) is 0 Å². The number of aromatic nitrogens is 2. The number of halogens is 3. The molecular weight excluding hydrogens is 521 g/mol. The number of rotatable bonds is 11. The average Bonchev–Trinajstić information content (AvgIpc) is 2.94. The van der Waals surface area contributed by atoms with Gasteiger partial charge in [0.15, 0.2) is 11.5 Å². The molecule has 1 amide bonds. The molecule has 4 rings (SSSR count). The molecule has 1 heterocycles. The van der Waals surface area contributed by atoms with Crippen molar-refractivity contribution >= 4 is 16.8 Å². The van der Waals surface area contributed by atoms with Gasteiger partial charge in [-0.15, -0.1) is 0 Å². The van der Waals surface area contributed by atoms with Crippen molar-refractivity contribution in [3.05, 3.63) is 72.1 Å². The number of carbonyl (C=O) groups excluding carboxylic acids is 1. The van der Waals surface area contributed by atoms with Crippen molar-refractivity contribution in [2.45, 2.75) is 26.4 Å². The summed E-state index contributed by atoms with van der Waals surface area (Å²) in [6.07, 6.45) is -3.24. The van der Waals surface area contributed by atoms with Crippen LogP contribution in [0.1, 0.15) is 25.0 Å². The van der Waals surface area contributed by atoms with E-state index in [0.717, 1.165) is 42.7 Å². The van der Waals surface area contributed by atoms with E-state index in [-0.39, 0.29) is 6.42 Å². The van der Waals surface area contributed by atoms with Crippen molar-refractivity contribution in [3.8, 4) is 33.9 Å². The number of hydrogen-bond acceptors (Lipinski definition) is 6. The van der Waals surface area contributed by atoms with Crippen LogP contribution in [0.5, 0.6) is 11.5 Å². The van der Waals surface area contributed by atoms with Crippen molar-refractivity contribution in [2.75, 3.05) is 33.4 Å². The Morgan fingerprint density at radius 2 is 1.65 bits per heavy atom. The second-order valence-electron chi connectivity index (χ2n) is 9.21. The summed E-state index contributed by atoms with van der Waals surface area (Å²) in [7, 11) is 1.56. The van der Waals surface area contributed by atoms with Crippen molar-refractivity contribution in [2.24, 2.45) is 5.73 Å². The third kappa shape index (κ3) is 6.51. The Morgan fingerprint density at radius 1 is 0.950 bits per heavy atom. The number of hydrogen-bond donors (Lipinski definition) is 1. The van der Waals surface area contributed by atoms with Crippen LogP contribution in [0, 0.1) is 0 Å². The molecule has 4 aromatic rings. The molecule has 1 aromatic heterocycles. The molecule has 10 heteroatoms. The first kappa shape index (κ1) is 28.8. The van der Waals surface area contributed by atoms with Gasteiger partial charge in [-0.2, -0.15) is 13.2 Å². The highest BCUT2D eigenvalue weighted by Gasteiger charge is 2.31. The summed E-state index contributed by atoms with van der Waals surface area (Å²) in [6, 6.07) is 13.9. The highest BCUT2D eigenvalue weighted by molar-refractivity contribution is 5.94. The maximum atomic E-state index is 13.4. The van der Waals surface area contributed by atoms with Gasteiger partial charge in [-0.05, 0) is 48.0 Å². The zero-order chi connectivity index (χ0) is 28.9. The largest absolute Gasteiger partial charge is 0.493 e. The maximum Gasteiger partial charge on any atom is 0.416 e. The normalized spacial score (nSPS) is 11.7. The van der Waals surface area contributed by atoms with Crippen LogP contribution in [0.25, 0.3) is 33.3 Å². The van der Waals surface area contributed by atoms with Crippen molar-refractivity contribution < 1.29 is 27.4 Å². The molecule has 0 saturated carbocycles. The Bertz CT molecular complexity index is 1490. The van der Waals surface area contributed by atoms with Crippen LogP contribution < -0.4 is 15.2 Å². The third-order valence-corrected chi connectivity index (χ3v) is 6.75. The molecule has 0 saturated heterocycles. The Hall–Kier alpha value is -4.18. The van der Waals surface area contributed by atoms with Gasteiger partial charge in [-0.25, -0.2) is 9.97 Å². The molecule has 0 bridgehead atoms. The van der Waals surface area contributed by atoms with E-state index in [1.807, 2.05) is 12.1 Å². The summed E-state index contributed by atoms with van der Waals surface area (Å²) in [5.74, 6) is 0.490. The van der Waals surface area contributed by atoms with Crippen LogP contribution in [0.2, 0.25) is 0 Å². The van der Waals surface area contributed by atoms with E-state index in [0.29, 0.717) is 46.0 Å². The zero-order valence-corrected chi connectivity index (χ0v) is 22.6. The summed E-state index contributed by atoms with van der Waals surface area (Å²) in [5.41, 5.74) is 7.79. The molecule has 0 fully saturated rings. The molecule has 210 valence electrons. The number of primary amides is 1. The first-order chi connectivity index (χ1) is 19.1. The van der Waals surface area contributed by atoms with Gasteiger partial charge in [0.05, 0.1) is 30.3 Å². The topological polar surface area (TPSA) is 90.6 Å². The first-order valence-electron chi connectivity index (χ1n) is 12.9. The van der Waals surface area contributed by atoms with Gasteiger partial charge in [-0.3, -0.25) is 4.79 Å². The van der Waals surface area contributed by atoms with Crippen LogP contribution in [0.3, 0.4) is 0 Å². The lowest BCUT2D eigenvalue weighted by Crippen LogP contribution is -2.27. The van der Waals surface area contributed by atoms with Crippen LogP contribution in [-0.4, -0.2) is 54.1 Å². The van der Waals surface area contributed by atoms with Gasteiger partial charge < -0.3 is 20.1 Å². The summed E-state index contributed by atoms with van der Waals surface area (Å²) in [5, 5.41) is 0.733. The molecule has 3 aromatic carbocycles. The molecule has 0 unspecified atom stereocenters. The predicted octanol–water partition coefficient (Wildman–Crippen LogP) is 5.74. The molecule has 40 heavy (non-hydrogen) atoms. The summed E-state index contributed by atoms with van der Waals surface area (Å²) >= 11 is 0. The van der Waals surface area contributed by atoms with E-state index in [1.165, 1.54) is 12.4 Å². The fourth-order valence-corrected chi connectivity index (χ4v) is 4.56. The number of methoxy groups -OCH3 is 1. The molecule has 0 aliphatic rings. The summed E-state index contributed by atoms with van der Waals surface area (Å²) < 4.78 is 51.8. The minimum absolute atomic E-state index is 0.176. The van der Waals surface area contributed by atoms with Crippen LogP contribution in [0.15, 0.2) is 60.9 Å². The number of ether oxygens (including phenoxy) is 2. The number of carbonyl (C=O) groups is 1. The number of likely N-dealkylation sites (N-methyl/N-ethyl adjacent to an activating group) is 1. The van der Waals surface area contributed by atoms with E-state index in [2.05, 4.69) is 28.7 Å². The van der Waals surface area contributed by atoms with E-state index in [1.54, 1.807) is 31.4 Å². The predicted molar refractivity (Wildman–Crippen MR) is 148 cm³/mol. The Morgan fingerprint density at radius 3 is 2.27 bits per heavy atom. The van der Waals surface area contributed by atoms with Gasteiger partial charge in [0, 0.05) is 23.6 Å². The molecule has 0 atom stereocenters. The van der Waals surface area contributed by atoms with Crippen LogP contribution in [-0.2, 0) is 17.4 Å². The minimum Gasteiger partial charge on any atom is -0.493 e. The highest BCUT2D eigenvalue weighted by Crippen LogP contribution is 2.37. The molecule has 0 spiro atoms. The van der Waals surface area contributed by atoms with Gasteiger partial charge in [-0.1, -0.05) is 44.2 Å². The number of fused-ring (bicyclic) bond motifs is 1. The van der Waals surface area contributed by atoms with E-state index in [9.17, 15) is 18.0 Å². The Balaban J connectivity index is 1.68. The number of nitrogens with zero attached hydrogens (tertiary/aromatic N) is 3. The minimum atomic E-state index is -4.52. The lowest BCUT2D eigenvalue weighted by Gasteiger charge is -2.19. The smallest absolute Gasteiger partial charge is 0.416 e. The van der Waals surface area contributed by atoms with Gasteiger partial charge >= 0.3 is 6.18 Å². The fraction of sp³-hybridized carbons (Fsp3) is 0.300. The van der Waals surface area contributed by atoms with Gasteiger partial charge in [0.1, 0.15) is 12.9 Å². The van der Waals surface area contributed by atoms with Crippen LogP contribution in [0.4, 0.5) is 13.2 Å². The zero-order valence-electron chi connectivity index (χ0n) is 22.6. The van der Waals surface area contributed by atoms with E-state index < -0.39 is 17.6 Å². The second kappa shape index (κ2) is 12.3. The Labute approximate surface area is 230 Å². The molecular formula is C30H31F3N4O3. The molecule has 7 nitrogen and oxygen atoms in total. The summed E-state index contributed by atoms with van der Waals surface area (Å²) in [4.78, 5) is 22.7. The van der Waals surface area contributed by atoms with E-state index >= 15 is 0 Å². The second-order valence-corrected chi connectivity index (χ2v) is 9.21. The average molecular weight is 553 g/mol. The Kier molecular flexibility index (Phi) is 8.89. The third-order valence-electron chi connectivity index (χ3n) is 6.75. The molecule has 2 N–H and O–H groups in total. The van der Waals surface area contributed by atoms with Gasteiger partial charge in [0.25, 0.3) is 0 Å². The van der Waals surface area contributed by atoms with Gasteiger partial charge in [0.2, 0.25) is 5.91 Å². The SMILES string of the molecule is CCN(CC)CCOc1cc2ncnc(-c3ccc(-c4cc(C(F)(F)F)ccc4CC(N)=O)cc3)c2cc1OC. The number of benzene rings is 3. The number of amides is 1. The first-order valence-corrected chi connectivity index (χ1v) is 12.9. The monoisotopic (exact) mass is 552 g/mol. The molecule has 0 aliphatic carbocycles. The lowest BCUT2D eigenvalue weighted by molar-refractivity contribution is -0.137. The van der Waals surface area contributed by atoms with Crippen molar-refractivity contribution in [1.82, 2.24) is 14.9 Å². The quantitative estimate of drug-likeness (QED) is 0.255. The standard InChI is InChI=1S/C30H31F3N4O3/c1-4-37(5-2)12-13-40-27-17-25-24(16-26(27)39-3)29(36-18-35-25)20-8-6-19(7-9-20)23-15-22(30(31,32)33)11-10-21(23)14-28(34)38/h6-11,15-18H,4-5,12-14H2,1-3H3,(H2,34,38). The van der Waals surface area contributed by atoms with Crippen LogP contribution >= 0.6 is 0 Å². The number of alkyl halides is 3. The molecule has 0 radical (unpaired) electrons. The van der Waals surface area contributed by atoms with Crippen molar-refractivity contribution in [3.63, 3.8) is 0 Å². The fourth-order valence-electron chi connectivity index (χ4n) is 4.56. The molecule has 0 aliphatic heterocycles. The highest BCUT2D eigenvalue weighted by atomic mass is 19.4.